The molecule has 19 heavy (non-hydrogen) atoms. The molecule has 2 atom stereocenters. The molecule has 2 N–H and O–H groups in total. The molecule has 2 unspecified atom stereocenters. The maximum atomic E-state index is 12.1. The number of carbonyl (C=O) groups is 2. The van der Waals surface area contributed by atoms with Crippen molar-refractivity contribution in [3.05, 3.63) is 33.3 Å². The number of carbonyl (C=O) groups excluding carboxylic acids is 1. The zero-order valence-electron chi connectivity index (χ0n) is 10.0. The monoisotopic (exact) mass is 345 g/mol. The van der Waals surface area contributed by atoms with Gasteiger partial charge in [-0.1, -0.05) is 27.5 Å². The van der Waals surface area contributed by atoms with E-state index in [1.165, 1.54) is 0 Å². The highest BCUT2D eigenvalue weighted by molar-refractivity contribution is 9.10. The number of carboxylic acid groups (broad SMARTS) is 1. The molecule has 0 heterocycles. The molecule has 1 fully saturated rings. The van der Waals surface area contributed by atoms with E-state index in [1.807, 2.05) is 0 Å². The molecule has 0 saturated heterocycles. The van der Waals surface area contributed by atoms with Crippen LogP contribution in [0.5, 0.6) is 0 Å². The van der Waals surface area contributed by atoms with Crippen LogP contribution in [0.4, 0.5) is 0 Å². The topological polar surface area (TPSA) is 66.4 Å². The number of aliphatic carboxylic acids is 1. The molecule has 1 aromatic rings. The van der Waals surface area contributed by atoms with E-state index < -0.39 is 5.97 Å². The fourth-order valence-corrected chi connectivity index (χ4v) is 3.03. The Kier molecular flexibility index (Phi) is 4.47. The number of hydrogen-bond donors (Lipinski definition) is 2. The van der Waals surface area contributed by atoms with E-state index in [-0.39, 0.29) is 17.9 Å². The van der Waals surface area contributed by atoms with Crippen LogP contribution in [0.2, 0.25) is 5.02 Å². The predicted molar refractivity (Wildman–Crippen MR) is 75.4 cm³/mol. The first-order chi connectivity index (χ1) is 8.97. The fourth-order valence-electron chi connectivity index (χ4n) is 2.27. The second-order valence-electron chi connectivity index (χ2n) is 4.64. The van der Waals surface area contributed by atoms with Crippen LogP contribution in [0.15, 0.2) is 22.7 Å². The smallest absolute Gasteiger partial charge is 0.306 e. The van der Waals surface area contributed by atoms with Gasteiger partial charge in [0, 0.05) is 10.5 Å². The van der Waals surface area contributed by atoms with Gasteiger partial charge < -0.3 is 10.4 Å². The van der Waals surface area contributed by atoms with Crippen molar-refractivity contribution in [3.8, 4) is 0 Å². The SMILES string of the molecule is O=C(NC1CCC(C(=O)O)C1)c1ccc(Br)cc1Cl. The van der Waals surface area contributed by atoms with E-state index >= 15 is 0 Å². The molecule has 1 aliphatic carbocycles. The van der Waals surface area contributed by atoms with Crippen molar-refractivity contribution in [2.75, 3.05) is 0 Å². The molecule has 0 radical (unpaired) electrons. The lowest BCUT2D eigenvalue weighted by molar-refractivity contribution is -0.141. The molecule has 1 saturated carbocycles. The highest BCUT2D eigenvalue weighted by atomic mass is 79.9. The molecule has 1 aliphatic rings. The average Bonchev–Trinajstić information content (AvgIpc) is 2.77. The van der Waals surface area contributed by atoms with Gasteiger partial charge in [-0.2, -0.15) is 0 Å². The Hall–Kier alpha value is -1.07. The third-order valence-electron chi connectivity index (χ3n) is 3.29. The van der Waals surface area contributed by atoms with Gasteiger partial charge in [-0.25, -0.2) is 0 Å². The van der Waals surface area contributed by atoms with Crippen LogP contribution in [0.1, 0.15) is 29.6 Å². The van der Waals surface area contributed by atoms with Crippen LogP contribution in [0.25, 0.3) is 0 Å². The molecule has 6 heteroatoms. The largest absolute Gasteiger partial charge is 0.481 e. The van der Waals surface area contributed by atoms with E-state index in [0.29, 0.717) is 29.8 Å². The van der Waals surface area contributed by atoms with E-state index in [0.717, 1.165) is 4.47 Å². The van der Waals surface area contributed by atoms with Crippen LogP contribution < -0.4 is 5.32 Å². The lowest BCUT2D eigenvalue weighted by atomic mass is 10.1. The van der Waals surface area contributed by atoms with Crippen molar-refractivity contribution in [3.63, 3.8) is 0 Å². The predicted octanol–water partition coefficient (Wildman–Crippen LogP) is 3.09. The molecule has 0 bridgehead atoms. The van der Waals surface area contributed by atoms with Crippen LogP contribution in [-0.2, 0) is 4.79 Å². The average molecular weight is 347 g/mol. The molecule has 0 aliphatic heterocycles. The summed E-state index contributed by atoms with van der Waals surface area (Å²) in [6.07, 6.45) is 1.78. The maximum absolute atomic E-state index is 12.1. The van der Waals surface area contributed by atoms with E-state index in [1.54, 1.807) is 18.2 Å². The zero-order chi connectivity index (χ0) is 14.0. The van der Waals surface area contributed by atoms with Crippen LogP contribution in [-0.4, -0.2) is 23.0 Å². The van der Waals surface area contributed by atoms with Crippen LogP contribution in [0.3, 0.4) is 0 Å². The van der Waals surface area contributed by atoms with Gasteiger partial charge in [-0.3, -0.25) is 9.59 Å². The Bertz CT molecular complexity index is 521. The lowest BCUT2D eigenvalue weighted by Crippen LogP contribution is -2.33. The van der Waals surface area contributed by atoms with Crippen molar-refractivity contribution in [2.24, 2.45) is 5.92 Å². The summed E-state index contributed by atoms with van der Waals surface area (Å²) < 4.78 is 0.806. The van der Waals surface area contributed by atoms with E-state index in [9.17, 15) is 9.59 Å². The summed E-state index contributed by atoms with van der Waals surface area (Å²) in [5.74, 6) is -1.40. The van der Waals surface area contributed by atoms with Gasteiger partial charge in [-0.15, -0.1) is 0 Å². The molecule has 1 amide bonds. The third kappa shape index (κ3) is 3.48. The second kappa shape index (κ2) is 5.92. The summed E-state index contributed by atoms with van der Waals surface area (Å²) in [5.41, 5.74) is 0.406. The number of benzene rings is 1. The summed E-state index contributed by atoms with van der Waals surface area (Å²) in [4.78, 5) is 22.9. The number of halogens is 2. The van der Waals surface area contributed by atoms with Gasteiger partial charge in [0.15, 0.2) is 0 Å². The van der Waals surface area contributed by atoms with Gasteiger partial charge in [0.25, 0.3) is 5.91 Å². The minimum absolute atomic E-state index is 0.0895. The number of nitrogens with one attached hydrogen (secondary N) is 1. The summed E-state index contributed by atoms with van der Waals surface area (Å²) in [6, 6.07) is 4.96. The van der Waals surface area contributed by atoms with Crippen molar-refractivity contribution >= 4 is 39.4 Å². The molecule has 102 valence electrons. The maximum Gasteiger partial charge on any atom is 0.306 e. The summed E-state index contributed by atoms with van der Waals surface area (Å²) in [5, 5.41) is 12.1. The highest BCUT2D eigenvalue weighted by Crippen LogP contribution is 2.27. The van der Waals surface area contributed by atoms with E-state index in [2.05, 4.69) is 21.2 Å². The standard InChI is InChI=1S/C13H13BrClNO3/c14-8-2-4-10(11(15)6-8)12(17)16-9-3-1-7(5-9)13(18)19/h2,4,6-7,9H,1,3,5H2,(H,16,17)(H,18,19). The van der Waals surface area contributed by atoms with Crippen LogP contribution in [0, 0.1) is 5.92 Å². The molecule has 1 aromatic carbocycles. The Labute approximate surface area is 124 Å². The van der Waals surface area contributed by atoms with Gasteiger partial charge in [-0.05, 0) is 37.5 Å². The van der Waals surface area contributed by atoms with Gasteiger partial charge in [0.2, 0.25) is 0 Å². The number of amides is 1. The normalized spacial score (nSPS) is 22.2. The molecular weight excluding hydrogens is 334 g/mol. The first kappa shape index (κ1) is 14.3. The van der Waals surface area contributed by atoms with Gasteiger partial charge >= 0.3 is 5.97 Å². The van der Waals surface area contributed by atoms with Crippen molar-refractivity contribution in [1.29, 1.82) is 0 Å². The minimum Gasteiger partial charge on any atom is -0.481 e. The molecular formula is C13H13BrClNO3. The first-order valence-corrected chi connectivity index (χ1v) is 7.13. The Morgan fingerprint density at radius 1 is 1.37 bits per heavy atom. The molecule has 2 rings (SSSR count). The van der Waals surface area contributed by atoms with Gasteiger partial charge in [0.05, 0.1) is 16.5 Å². The molecule has 0 aromatic heterocycles. The Morgan fingerprint density at radius 3 is 2.68 bits per heavy atom. The van der Waals surface area contributed by atoms with Crippen molar-refractivity contribution in [2.45, 2.75) is 25.3 Å². The summed E-state index contributed by atoms with van der Waals surface area (Å²) >= 11 is 9.28. The zero-order valence-corrected chi connectivity index (χ0v) is 12.4. The lowest BCUT2D eigenvalue weighted by Gasteiger charge is -2.13. The third-order valence-corrected chi connectivity index (χ3v) is 4.10. The number of hydrogen-bond acceptors (Lipinski definition) is 2. The highest BCUT2D eigenvalue weighted by Gasteiger charge is 2.30. The number of rotatable bonds is 3. The summed E-state index contributed by atoms with van der Waals surface area (Å²) in [6.45, 7) is 0. The fraction of sp³-hybridized carbons (Fsp3) is 0.385. The van der Waals surface area contributed by atoms with Gasteiger partial charge in [0.1, 0.15) is 0 Å². The second-order valence-corrected chi connectivity index (χ2v) is 5.97. The Morgan fingerprint density at radius 2 is 2.11 bits per heavy atom. The molecule has 0 spiro atoms. The minimum atomic E-state index is -0.793. The Balaban J connectivity index is 2.00. The van der Waals surface area contributed by atoms with Crippen LogP contribution >= 0.6 is 27.5 Å². The number of carboxylic acids is 1. The van der Waals surface area contributed by atoms with E-state index in [4.69, 9.17) is 16.7 Å². The molecule has 4 nitrogen and oxygen atoms in total. The van der Waals surface area contributed by atoms with Crippen molar-refractivity contribution in [1.82, 2.24) is 5.32 Å². The quantitative estimate of drug-likeness (QED) is 0.884. The summed E-state index contributed by atoms with van der Waals surface area (Å²) in [7, 11) is 0. The van der Waals surface area contributed by atoms with Crippen molar-refractivity contribution < 1.29 is 14.7 Å². The first-order valence-electron chi connectivity index (χ1n) is 5.96.